The molecule has 19 heavy (non-hydrogen) atoms. The number of nitrogens with zero attached hydrogens (tertiary/aromatic N) is 1. The van der Waals surface area contributed by atoms with E-state index >= 15 is 0 Å². The van der Waals surface area contributed by atoms with Crippen molar-refractivity contribution in [2.24, 2.45) is 11.7 Å². The Hall–Kier alpha value is -1.10. The van der Waals surface area contributed by atoms with E-state index in [0.717, 1.165) is 19.3 Å². The van der Waals surface area contributed by atoms with Crippen molar-refractivity contribution in [3.8, 4) is 0 Å². The summed E-state index contributed by atoms with van der Waals surface area (Å²) in [7, 11) is 1.73. The van der Waals surface area contributed by atoms with Gasteiger partial charge in [-0.2, -0.15) is 0 Å². The summed E-state index contributed by atoms with van der Waals surface area (Å²) in [6.07, 6.45) is 5.88. The van der Waals surface area contributed by atoms with Gasteiger partial charge < -0.3 is 16.0 Å². The largest absolute Gasteiger partial charge is 0.347 e. The van der Waals surface area contributed by atoms with Crippen molar-refractivity contribution < 1.29 is 9.59 Å². The summed E-state index contributed by atoms with van der Waals surface area (Å²) in [6, 6.07) is 0.307. The first-order valence-electron chi connectivity index (χ1n) is 7.29. The van der Waals surface area contributed by atoms with E-state index in [1.807, 2.05) is 6.92 Å². The van der Waals surface area contributed by atoms with Crippen molar-refractivity contribution in [1.82, 2.24) is 10.2 Å². The maximum atomic E-state index is 11.7. The van der Waals surface area contributed by atoms with Crippen molar-refractivity contribution in [2.75, 3.05) is 20.1 Å². The van der Waals surface area contributed by atoms with Crippen LogP contribution in [0.1, 0.15) is 45.4 Å². The van der Waals surface area contributed by atoms with Crippen LogP contribution in [0.15, 0.2) is 0 Å². The van der Waals surface area contributed by atoms with Gasteiger partial charge in [-0.15, -0.1) is 0 Å². The van der Waals surface area contributed by atoms with Crippen molar-refractivity contribution in [3.63, 3.8) is 0 Å². The van der Waals surface area contributed by atoms with Crippen LogP contribution >= 0.6 is 0 Å². The van der Waals surface area contributed by atoms with Gasteiger partial charge in [-0.25, -0.2) is 0 Å². The summed E-state index contributed by atoms with van der Waals surface area (Å²) in [5, 5.41) is 2.69. The first-order valence-corrected chi connectivity index (χ1v) is 7.29. The second kappa shape index (κ2) is 8.15. The Kier molecular flexibility index (Phi) is 6.84. The molecule has 5 nitrogen and oxygen atoms in total. The fourth-order valence-corrected chi connectivity index (χ4v) is 2.50. The lowest BCUT2D eigenvalue weighted by Gasteiger charge is -2.26. The van der Waals surface area contributed by atoms with Crippen molar-refractivity contribution >= 4 is 11.8 Å². The number of amides is 2. The van der Waals surface area contributed by atoms with E-state index in [1.165, 1.54) is 12.8 Å². The first kappa shape index (κ1) is 16.0. The molecule has 0 aromatic rings. The highest BCUT2D eigenvalue weighted by Crippen LogP contribution is 2.26. The van der Waals surface area contributed by atoms with Gasteiger partial charge in [-0.1, -0.05) is 12.8 Å². The predicted octanol–water partition coefficient (Wildman–Crippen LogP) is 0.879. The van der Waals surface area contributed by atoms with E-state index < -0.39 is 0 Å². The van der Waals surface area contributed by atoms with Gasteiger partial charge in [0.25, 0.3) is 0 Å². The van der Waals surface area contributed by atoms with Crippen LogP contribution in [0.4, 0.5) is 0 Å². The molecule has 0 aromatic heterocycles. The molecule has 0 saturated heterocycles. The standard InChI is InChI=1S/C14H27N3O2/c1-3-17(2)14(19)10-16-13(18)8-7-11-5-4-6-12(15)9-11/h11-12H,3-10,15H2,1-2H3,(H,16,18). The molecule has 0 radical (unpaired) electrons. The van der Waals surface area contributed by atoms with Gasteiger partial charge in [0.2, 0.25) is 11.8 Å². The molecule has 3 N–H and O–H groups in total. The van der Waals surface area contributed by atoms with E-state index in [4.69, 9.17) is 5.73 Å². The van der Waals surface area contributed by atoms with Crippen LogP contribution < -0.4 is 11.1 Å². The molecule has 0 aliphatic heterocycles. The minimum absolute atomic E-state index is 0.0306. The molecule has 0 spiro atoms. The topological polar surface area (TPSA) is 75.4 Å². The van der Waals surface area contributed by atoms with E-state index in [0.29, 0.717) is 24.9 Å². The molecule has 1 saturated carbocycles. The molecule has 0 bridgehead atoms. The van der Waals surface area contributed by atoms with Crippen molar-refractivity contribution in [3.05, 3.63) is 0 Å². The van der Waals surface area contributed by atoms with E-state index in [-0.39, 0.29) is 18.4 Å². The van der Waals surface area contributed by atoms with E-state index in [2.05, 4.69) is 5.32 Å². The minimum Gasteiger partial charge on any atom is -0.347 e. The zero-order chi connectivity index (χ0) is 14.3. The molecular weight excluding hydrogens is 242 g/mol. The van der Waals surface area contributed by atoms with Gasteiger partial charge in [-0.05, 0) is 32.1 Å². The van der Waals surface area contributed by atoms with Gasteiger partial charge in [0.1, 0.15) is 0 Å². The first-order chi connectivity index (χ1) is 9.02. The lowest BCUT2D eigenvalue weighted by atomic mass is 9.83. The predicted molar refractivity (Wildman–Crippen MR) is 75.5 cm³/mol. The molecule has 0 heterocycles. The minimum atomic E-state index is -0.0458. The van der Waals surface area contributed by atoms with Crippen LogP contribution in [0.5, 0.6) is 0 Å². The number of nitrogens with two attached hydrogens (primary N) is 1. The number of nitrogens with one attached hydrogen (secondary N) is 1. The van der Waals surface area contributed by atoms with Crippen LogP contribution in [0.25, 0.3) is 0 Å². The second-order valence-corrected chi connectivity index (χ2v) is 5.52. The lowest BCUT2D eigenvalue weighted by molar-refractivity contribution is -0.131. The summed E-state index contributed by atoms with van der Waals surface area (Å²) in [5.41, 5.74) is 5.93. The molecule has 1 aliphatic carbocycles. The monoisotopic (exact) mass is 269 g/mol. The molecule has 110 valence electrons. The third-order valence-corrected chi connectivity index (χ3v) is 3.94. The van der Waals surface area contributed by atoms with E-state index in [9.17, 15) is 9.59 Å². The average molecular weight is 269 g/mol. The Labute approximate surface area is 115 Å². The summed E-state index contributed by atoms with van der Waals surface area (Å²) in [4.78, 5) is 24.8. The molecule has 1 fully saturated rings. The van der Waals surface area contributed by atoms with Gasteiger partial charge in [0.05, 0.1) is 6.54 Å². The number of carbonyl (C=O) groups is 2. The summed E-state index contributed by atoms with van der Waals surface area (Å²) >= 11 is 0. The maximum Gasteiger partial charge on any atom is 0.241 e. The molecule has 2 amide bonds. The zero-order valence-electron chi connectivity index (χ0n) is 12.2. The average Bonchev–Trinajstić information content (AvgIpc) is 2.41. The summed E-state index contributed by atoms with van der Waals surface area (Å²) < 4.78 is 0. The second-order valence-electron chi connectivity index (χ2n) is 5.52. The summed E-state index contributed by atoms with van der Waals surface area (Å²) in [6.45, 7) is 2.67. The molecule has 0 aromatic carbocycles. The van der Waals surface area contributed by atoms with Gasteiger partial charge in [0, 0.05) is 26.1 Å². The highest BCUT2D eigenvalue weighted by Gasteiger charge is 2.20. The van der Waals surface area contributed by atoms with E-state index in [1.54, 1.807) is 11.9 Å². The van der Waals surface area contributed by atoms with Crippen molar-refractivity contribution in [2.45, 2.75) is 51.5 Å². The van der Waals surface area contributed by atoms with Gasteiger partial charge >= 0.3 is 0 Å². The van der Waals surface area contributed by atoms with Gasteiger partial charge in [0.15, 0.2) is 0 Å². The Morgan fingerprint density at radius 2 is 2.11 bits per heavy atom. The molecule has 2 unspecified atom stereocenters. The Morgan fingerprint density at radius 3 is 2.74 bits per heavy atom. The zero-order valence-corrected chi connectivity index (χ0v) is 12.2. The number of rotatable bonds is 6. The smallest absolute Gasteiger partial charge is 0.241 e. The number of likely N-dealkylation sites (N-methyl/N-ethyl adjacent to an activating group) is 1. The number of hydrogen-bond acceptors (Lipinski definition) is 3. The third kappa shape index (κ3) is 6.05. The van der Waals surface area contributed by atoms with Crippen molar-refractivity contribution in [1.29, 1.82) is 0 Å². The number of hydrogen-bond donors (Lipinski definition) is 2. The van der Waals surface area contributed by atoms with Crippen LogP contribution in [-0.4, -0.2) is 42.9 Å². The molecular formula is C14H27N3O2. The SMILES string of the molecule is CCN(C)C(=O)CNC(=O)CCC1CCCC(N)C1. The maximum absolute atomic E-state index is 11.7. The molecule has 1 aliphatic rings. The fourth-order valence-electron chi connectivity index (χ4n) is 2.50. The Balaban J connectivity index is 2.15. The van der Waals surface area contributed by atoms with Crippen LogP contribution in [0, 0.1) is 5.92 Å². The molecule has 5 heteroatoms. The highest BCUT2D eigenvalue weighted by atomic mass is 16.2. The van der Waals surface area contributed by atoms with Crippen LogP contribution in [0.2, 0.25) is 0 Å². The molecule has 2 atom stereocenters. The third-order valence-electron chi connectivity index (χ3n) is 3.94. The normalized spacial score (nSPS) is 22.9. The quantitative estimate of drug-likeness (QED) is 0.751. The Bertz CT molecular complexity index is 307. The van der Waals surface area contributed by atoms with Crippen LogP contribution in [-0.2, 0) is 9.59 Å². The van der Waals surface area contributed by atoms with Crippen LogP contribution in [0.3, 0.4) is 0 Å². The highest BCUT2D eigenvalue weighted by molar-refractivity contribution is 5.84. The van der Waals surface area contributed by atoms with Gasteiger partial charge in [-0.3, -0.25) is 9.59 Å². The summed E-state index contributed by atoms with van der Waals surface area (Å²) in [5.74, 6) is 0.496. The Morgan fingerprint density at radius 1 is 1.37 bits per heavy atom. The lowest BCUT2D eigenvalue weighted by Crippen LogP contribution is -2.38. The number of carbonyl (C=O) groups excluding carboxylic acids is 2. The fraction of sp³-hybridized carbons (Fsp3) is 0.857. The molecule has 1 rings (SSSR count).